The third kappa shape index (κ3) is 5.11. The average molecular weight is 457 g/mol. The van der Waals surface area contributed by atoms with Crippen molar-refractivity contribution in [1.29, 1.82) is 0 Å². The minimum atomic E-state index is -0.355. The van der Waals surface area contributed by atoms with E-state index in [1.807, 2.05) is 0 Å². The number of nitrogens with zero attached hydrogens (tertiary/aromatic N) is 1. The predicted molar refractivity (Wildman–Crippen MR) is 120 cm³/mol. The summed E-state index contributed by atoms with van der Waals surface area (Å²) in [4.78, 5) is 27.1. The van der Waals surface area contributed by atoms with E-state index in [1.54, 1.807) is 30.2 Å². The van der Waals surface area contributed by atoms with Crippen molar-refractivity contribution >= 4 is 11.8 Å². The van der Waals surface area contributed by atoms with E-state index < -0.39 is 0 Å². The number of carbonyl (C=O) groups is 2. The Morgan fingerprint density at radius 2 is 1.82 bits per heavy atom. The predicted octanol–water partition coefficient (Wildman–Crippen LogP) is 3.43. The Kier molecular flexibility index (Phi) is 6.83. The molecule has 0 aliphatic carbocycles. The number of hydrogen-bond donors (Lipinski definition) is 1. The van der Waals surface area contributed by atoms with Gasteiger partial charge in [0.05, 0.1) is 31.5 Å². The van der Waals surface area contributed by atoms with Gasteiger partial charge >= 0.3 is 0 Å². The van der Waals surface area contributed by atoms with E-state index >= 15 is 0 Å². The van der Waals surface area contributed by atoms with E-state index in [0.29, 0.717) is 42.3 Å². The van der Waals surface area contributed by atoms with Crippen LogP contribution in [0.15, 0.2) is 42.5 Å². The molecule has 176 valence electrons. The van der Waals surface area contributed by atoms with Gasteiger partial charge in [-0.15, -0.1) is 0 Å². The highest BCUT2D eigenvalue weighted by Crippen LogP contribution is 2.39. The van der Waals surface area contributed by atoms with Gasteiger partial charge in [-0.25, -0.2) is 4.39 Å². The van der Waals surface area contributed by atoms with Crippen molar-refractivity contribution in [3.63, 3.8) is 0 Å². The van der Waals surface area contributed by atoms with E-state index in [1.165, 1.54) is 31.4 Å². The first kappa shape index (κ1) is 23.0. The standard InChI is InChI=1S/C25H29FN2O5/c1-31-19-7-8-21(22(15-19)32-2)23(29)27-16-20-9-10-25(33-20)11-13-28(14-12-25)24(30)17-3-5-18(26)6-4-17/h3-8,15,20H,9-14,16H2,1-2H3,(H,27,29). The number of methoxy groups -OCH3 is 2. The van der Waals surface area contributed by atoms with Gasteiger partial charge in [0.15, 0.2) is 0 Å². The fourth-order valence-electron chi connectivity index (χ4n) is 4.59. The third-order valence-corrected chi connectivity index (χ3v) is 6.54. The lowest BCUT2D eigenvalue weighted by atomic mass is 9.88. The molecule has 1 N–H and O–H groups in total. The van der Waals surface area contributed by atoms with Crippen molar-refractivity contribution in [2.24, 2.45) is 0 Å². The van der Waals surface area contributed by atoms with Gasteiger partial charge in [0.25, 0.3) is 11.8 Å². The van der Waals surface area contributed by atoms with E-state index in [0.717, 1.165) is 25.7 Å². The molecule has 2 aliphatic rings. The number of benzene rings is 2. The smallest absolute Gasteiger partial charge is 0.255 e. The van der Waals surface area contributed by atoms with Crippen LogP contribution in [0.5, 0.6) is 11.5 Å². The average Bonchev–Trinajstić information content (AvgIpc) is 3.24. The molecule has 2 heterocycles. The van der Waals surface area contributed by atoms with E-state index in [2.05, 4.69) is 5.32 Å². The van der Waals surface area contributed by atoms with Crippen LogP contribution in [0, 0.1) is 5.82 Å². The van der Waals surface area contributed by atoms with Crippen molar-refractivity contribution < 1.29 is 28.2 Å². The molecule has 0 bridgehead atoms. The monoisotopic (exact) mass is 456 g/mol. The molecular formula is C25H29FN2O5. The van der Waals surface area contributed by atoms with Crippen molar-refractivity contribution in [1.82, 2.24) is 10.2 Å². The second-order valence-corrected chi connectivity index (χ2v) is 8.54. The van der Waals surface area contributed by atoms with Gasteiger partial charge in [0.2, 0.25) is 0 Å². The number of halogens is 1. The summed E-state index contributed by atoms with van der Waals surface area (Å²) in [5.41, 5.74) is 0.681. The van der Waals surface area contributed by atoms with Crippen LogP contribution in [-0.2, 0) is 4.74 Å². The first-order chi connectivity index (χ1) is 15.9. The SMILES string of the molecule is COc1ccc(C(=O)NCC2CCC3(CCN(C(=O)c4ccc(F)cc4)CC3)O2)c(OC)c1. The summed E-state index contributed by atoms with van der Waals surface area (Å²) in [7, 11) is 3.08. The van der Waals surface area contributed by atoms with Gasteiger partial charge in [-0.2, -0.15) is 0 Å². The fourth-order valence-corrected chi connectivity index (χ4v) is 4.59. The van der Waals surface area contributed by atoms with Gasteiger partial charge in [0, 0.05) is 31.3 Å². The Morgan fingerprint density at radius 3 is 2.48 bits per heavy atom. The van der Waals surface area contributed by atoms with Gasteiger partial charge in [-0.05, 0) is 62.1 Å². The Morgan fingerprint density at radius 1 is 1.09 bits per heavy atom. The van der Waals surface area contributed by atoms with Crippen molar-refractivity contribution in [3.8, 4) is 11.5 Å². The van der Waals surface area contributed by atoms with Gasteiger partial charge in [-0.3, -0.25) is 9.59 Å². The first-order valence-electron chi connectivity index (χ1n) is 11.2. The maximum absolute atomic E-state index is 13.1. The van der Waals surface area contributed by atoms with Crippen LogP contribution in [0.1, 0.15) is 46.4 Å². The van der Waals surface area contributed by atoms with Crippen LogP contribution in [0.25, 0.3) is 0 Å². The maximum Gasteiger partial charge on any atom is 0.255 e. The molecule has 2 aromatic carbocycles. The molecule has 2 fully saturated rings. The molecule has 2 aliphatic heterocycles. The lowest BCUT2D eigenvalue weighted by Gasteiger charge is -2.39. The Labute approximate surface area is 192 Å². The number of nitrogens with one attached hydrogen (secondary N) is 1. The van der Waals surface area contributed by atoms with E-state index in [-0.39, 0.29) is 29.3 Å². The largest absolute Gasteiger partial charge is 0.497 e. The van der Waals surface area contributed by atoms with Crippen LogP contribution in [0.2, 0.25) is 0 Å². The molecular weight excluding hydrogens is 427 g/mol. The van der Waals surface area contributed by atoms with Crippen LogP contribution in [0.4, 0.5) is 4.39 Å². The summed E-state index contributed by atoms with van der Waals surface area (Å²) in [5, 5.41) is 2.95. The van der Waals surface area contributed by atoms with Crippen molar-refractivity contribution in [2.45, 2.75) is 37.4 Å². The lowest BCUT2D eigenvalue weighted by Crippen LogP contribution is -2.47. The van der Waals surface area contributed by atoms with Crippen LogP contribution in [-0.4, -0.2) is 62.3 Å². The molecule has 1 spiro atoms. The van der Waals surface area contributed by atoms with Crippen LogP contribution in [0.3, 0.4) is 0 Å². The third-order valence-electron chi connectivity index (χ3n) is 6.54. The highest BCUT2D eigenvalue weighted by atomic mass is 19.1. The quantitative estimate of drug-likeness (QED) is 0.721. The highest BCUT2D eigenvalue weighted by molar-refractivity contribution is 5.97. The summed E-state index contributed by atoms with van der Waals surface area (Å²) in [6, 6.07) is 10.7. The molecule has 2 aromatic rings. The van der Waals surface area contributed by atoms with Crippen LogP contribution < -0.4 is 14.8 Å². The number of carbonyl (C=O) groups excluding carboxylic acids is 2. The molecule has 8 heteroatoms. The number of ether oxygens (including phenoxy) is 3. The van der Waals surface area contributed by atoms with Crippen LogP contribution >= 0.6 is 0 Å². The first-order valence-corrected chi connectivity index (χ1v) is 11.2. The number of hydrogen-bond acceptors (Lipinski definition) is 5. The normalized spacial score (nSPS) is 19.4. The summed E-state index contributed by atoms with van der Waals surface area (Å²) in [6.07, 6.45) is 3.18. The zero-order chi connectivity index (χ0) is 23.4. The van der Waals surface area contributed by atoms with Gasteiger partial charge < -0.3 is 24.4 Å². The highest BCUT2D eigenvalue weighted by Gasteiger charge is 2.43. The van der Waals surface area contributed by atoms with Crippen molar-refractivity contribution in [2.75, 3.05) is 33.9 Å². The summed E-state index contributed by atoms with van der Waals surface area (Å²) >= 11 is 0. The molecule has 4 rings (SSSR count). The molecule has 0 aromatic heterocycles. The fraction of sp³-hybridized carbons (Fsp3) is 0.440. The van der Waals surface area contributed by atoms with Gasteiger partial charge in [-0.1, -0.05) is 0 Å². The molecule has 2 saturated heterocycles. The summed E-state index contributed by atoms with van der Waals surface area (Å²) in [5.74, 6) is 0.411. The minimum absolute atomic E-state index is 0.0717. The second-order valence-electron chi connectivity index (χ2n) is 8.54. The Balaban J connectivity index is 1.28. The molecule has 0 radical (unpaired) electrons. The zero-order valence-corrected chi connectivity index (χ0v) is 18.9. The minimum Gasteiger partial charge on any atom is -0.497 e. The molecule has 7 nitrogen and oxygen atoms in total. The lowest BCUT2D eigenvalue weighted by molar-refractivity contribution is -0.0712. The zero-order valence-electron chi connectivity index (χ0n) is 18.9. The van der Waals surface area contributed by atoms with E-state index in [9.17, 15) is 14.0 Å². The number of likely N-dealkylation sites (tertiary alicyclic amines) is 1. The molecule has 0 saturated carbocycles. The molecule has 2 amide bonds. The Hall–Kier alpha value is -3.13. The number of piperidine rings is 1. The molecule has 33 heavy (non-hydrogen) atoms. The van der Waals surface area contributed by atoms with E-state index in [4.69, 9.17) is 14.2 Å². The summed E-state index contributed by atoms with van der Waals surface area (Å²) < 4.78 is 30.0. The second kappa shape index (κ2) is 9.79. The number of rotatable bonds is 6. The maximum atomic E-state index is 13.1. The number of amides is 2. The Bertz CT molecular complexity index is 1000. The van der Waals surface area contributed by atoms with Crippen molar-refractivity contribution in [3.05, 3.63) is 59.4 Å². The topological polar surface area (TPSA) is 77.1 Å². The van der Waals surface area contributed by atoms with Gasteiger partial charge in [0.1, 0.15) is 17.3 Å². The molecule has 1 unspecified atom stereocenters. The molecule has 1 atom stereocenters. The summed E-state index contributed by atoms with van der Waals surface area (Å²) in [6.45, 7) is 1.60.